The van der Waals surface area contributed by atoms with Gasteiger partial charge in [0.05, 0.1) is 12.3 Å². The Morgan fingerprint density at radius 2 is 1.57 bits per heavy atom. The second-order valence-corrected chi connectivity index (χ2v) is 7.53. The normalized spacial score (nSPS) is 12.0. The van der Waals surface area contributed by atoms with Gasteiger partial charge in [0.1, 0.15) is 0 Å². The van der Waals surface area contributed by atoms with Crippen molar-refractivity contribution in [3.8, 4) is 5.69 Å². The van der Waals surface area contributed by atoms with Crippen molar-refractivity contribution in [2.24, 2.45) is 9.98 Å². The summed E-state index contributed by atoms with van der Waals surface area (Å²) in [6, 6.07) is 18.4. The minimum atomic E-state index is -0.679. The van der Waals surface area contributed by atoms with E-state index in [1.807, 2.05) is 60.7 Å². The van der Waals surface area contributed by atoms with Gasteiger partial charge in [-0.05, 0) is 45.3 Å². The molecule has 0 aliphatic heterocycles. The molecule has 0 fully saturated rings. The number of hydrogen-bond acceptors (Lipinski definition) is 5. The Morgan fingerprint density at radius 1 is 0.964 bits per heavy atom. The Kier molecular flexibility index (Phi) is 6.88. The van der Waals surface area contributed by atoms with Crippen LogP contribution in [0.1, 0.15) is 12.5 Å². The fourth-order valence-electron chi connectivity index (χ4n) is 2.30. The number of carbonyl (C=O) groups excluding carboxylic acids is 2. The maximum atomic E-state index is 12.3. The summed E-state index contributed by atoms with van der Waals surface area (Å²) in [5.74, 6) is 0. The monoisotopic (exact) mass is 414 g/mol. The highest BCUT2D eigenvalue weighted by molar-refractivity contribution is 7.67. The summed E-state index contributed by atoms with van der Waals surface area (Å²) in [5.41, 5.74) is 1.73. The van der Waals surface area contributed by atoms with Gasteiger partial charge in [0, 0.05) is 6.54 Å². The first kappa shape index (κ1) is 19.7. The highest BCUT2D eigenvalue weighted by atomic mass is 32.9. The lowest BCUT2D eigenvalue weighted by Crippen LogP contribution is -2.28. The Balaban J connectivity index is 1.94. The summed E-state index contributed by atoms with van der Waals surface area (Å²) in [6.07, 6.45) is -0.679. The van der Waals surface area contributed by atoms with Gasteiger partial charge < -0.3 is 10.1 Å². The molecule has 1 aromatic heterocycles. The molecule has 144 valence electrons. The van der Waals surface area contributed by atoms with Crippen LogP contribution in [0.4, 0.5) is 9.59 Å². The van der Waals surface area contributed by atoms with Crippen molar-refractivity contribution in [3.63, 3.8) is 0 Å². The first-order valence-corrected chi connectivity index (χ1v) is 10.7. The molecule has 0 bridgehead atoms. The quantitative estimate of drug-likeness (QED) is 0.664. The van der Waals surface area contributed by atoms with Crippen molar-refractivity contribution < 1.29 is 14.3 Å². The number of aromatic nitrogens is 1. The van der Waals surface area contributed by atoms with Gasteiger partial charge in [-0.15, -0.1) is 4.99 Å². The summed E-state index contributed by atoms with van der Waals surface area (Å²) in [5, 5.41) is 2.77. The van der Waals surface area contributed by atoms with Crippen LogP contribution in [-0.2, 0) is 11.3 Å². The molecule has 0 aliphatic rings. The van der Waals surface area contributed by atoms with Crippen molar-refractivity contribution in [3.05, 3.63) is 75.8 Å². The van der Waals surface area contributed by atoms with Gasteiger partial charge >= 0.3 is 12.1 Å². The largest absolute Gasteiger partial charge is 0.448 e. The SMILES string of the molecule is CCOC(=O)N=c1ss/c(=N\C(=O)NCc2ccccc2)n1-c1ccccc1. The Hall–Kier alpha value is -3.04. The number of hydrogen-bond donors (Lipinski definition) is 1. The van der Waals surface area contributed by atoms with E-state index in [-0.39, 0.29) is 6.61 Å². The van der Waals surface area contributed by atoms with Crippen LogP contribution >= 0.6 is 20.7 Å². The molecule has 3 amide bonds. The van der Waals surface area contributed by atoms with Gasteiger partial charge in [-0.3, -0.25) is 4.57 Å². The third-order valence-electron chi connectivity index (χ3n) is 3.53. The molecule has 3 rings (SSSR count). The number of amides is 3. The predicted octanol–water partition coefficient (Wildman–Crippen LogP) is 3.47. The Labute approximate surface area is 168 Å². The fraction of sp³-hybridized carbons (Fsp3) is 0.158. The number of carbonyl (C=O) groups is 2. The third-order valence-corrected chi connectivity index (χ3v) is 5.60. The summed E-state index contributed by atoms with van der Waals surface area (Å²) in [4.78, 5) is 33.0. The summed E-state index contributed by atoms with van der Waals surface area (Å²) in [7, 11) is 2.50. The molecule has 3 aromatic rings. The molecule has 1 heterocycles. The van der Waals surface area contributed by atoms with Crippen LogP contribution in [0, 0.1) is 0 Å². The summed E-state index contributed by atoms with van der Waals surface area (Å²) in [6.45, 7) is 2.33. The summed E-state index contributed by atoms with van der Waals surface area (Å²) < 4.78 is 6.56. The molecule has 0 atom stereocenters. The lowest BCUT2D eigenvalue weighted by Gasteiger charge is -2.03. The van der Waals surface area contributed by atoms with Crippen LogP contribution in [0.5, 0.6) is 0 Å². The Bertz CT molecular complexity index is 1070. The van der Waals surface area contributed by atoms with Gasteiger partial charge in [-0.2, -0.15) is 4.99 Å². The number of benzene rings is 2. The number of nitrogens with one attached hydrogen (secondary N) is 1. The first-order chi connectivity index (χ1) is 13.7. The second-order valence-electron chi connectivity index (χ2n) is 5.47. The average Bonchev–Trinajstić information content (AvgIpc) is 3.10. The number of para-hydroxylation sites is 1. The number of rotatable bonds is 4. The molecule has 7 nitrogen and oxygen atoms in total. The van der Waals surface area contributed by atoms with E-state index in [0.717, 1.165) is 11.3 Å². The zero-order valence-electron chi connectivity index (χ0n) is 15.1. The smallest absolute Gasteiger partial charge is 0.436 e. The van der Waals surface area contributed by atoms with Crippen molar-refractivity contribution in [2.45, 2.75) is 13.5 Å². The topological polar surface area (TPSA) is 85.1 Å². The number of urea groups is 1. The average molecular weight is 415 g/mol. The van der Waals surface area contributed by atoms with Crippen LogP contribution in [0.15, 0.2) is 70.6 Å². The number of ether oxygens (including phenoxy) is 1. The van der Waals surface area contributed by atoms with Crippen LogP contribution in [0.2, 0.25) is 0 Å². The van der Waals surface area contributed by atoms with Crippen LogP contribution in [-0.4, -0.2) is 23.3 Å². The van der Waals surface area contributed by atoms with E-state index in [9.17, 15) is 9.59 Å². The van der Waals surface area contributed by atoms with Crippen molar-refractivity contribution in [2.75, 3.05) is 6.61 Å². The molecule has 0 radical (unpaired) electrons. The molecule has 0 saturated carbocycles. The molecule has 2 aromatic carbocycles. The minimum absolute atomic E-state index is 0.238. The van der Waals surface area contributed by atoms with Gasteiger partial charge in [0.25, 0.3) is 0 Å². The van der Waals surface area contributed by atoms with E-state index in [1.165, 1.54) is 20.7 Å². The molecular formula is C19H18N4O3S2. The Morgan fingerprint density at radius 3 is 2.21 bits per heavy atom. The van der Waals surface area contributed by atoms with Gasteiger partial charge in [-0.1, -0.05) is 48.5 Å². The van der Waals surface area contributed by atoms with E-state index in [2.05, 4.69) is 15.3 Å². The van der Waals surface area contributed by atoms with Crippen molar-refractivity contribution in [1.29, 1.82) is 0 Å². The van der Waals surface area contributed by atoms with Crippen LogP contribution in [0.25, 0.3) is 5.69 Å². The zero-order chi connectivity index (χ0) is 19.8. The molecular weight excluding hydrogens is 396 g/mol. The lowest BCUT2D eigenvalue weighted by molar-refractivity contribution is 0.162. The maximum absolute atomic E-state index is 12.3. The van der Waals surface area contributed by atoms with Gasteiger partial charge in [-0.25, -0.2) is 9.59 Å². The van der Waals surface area contributed by atoms with E-state index < -0.39 is 12.1 Å². The number of nitrogens with zero attached hydrogens (tertiary/aromatic N) is 3. The molecule has 0 unspecified atom stereocenters. The van der Waals surface area contributed by atoms with E-state index in [4.69, 9.17) is 4.74 Å². The zero-order valence-corrected chi connectivity index (χ0v) is 16.7. The van der Waals surface area contributed by atoms with E-state index >= 15 is 0 Å². The van der Waals surface area contributed by atoms with Crippen molar-refractivity contribution in [1.82, 2.24) is 9.88 Å². The van der Waals surface area contributed by atoms with E-state index in [1.54, 1.807) is 11.5 Å². The lowest BCUT2D eigenvalue weighted by atomic mass is 10.2. The molecule has 28 heavy (non-hydrogen) atoms. The molecule has 0 aliphatic carbocycles. The molecule has 0 spiro atoms. The highest BCUT2D eigenvalue weighted by Crippen LogP contribution is 2.05. The highest BCUT2D eigenvalue weighted by Gasteiger charge is 2.09. The summed E-state index contributed by atoms with van der Waals surface area (Å²) >= 11 is 0. The standard InChI is InChI=1S/C19H18N4O3S2/c1-2-26-19(25)22-18-23(15-11-7-4-8-12-15)17(27-28-18)21-16(24)20-13-14-9-5-3-6-10-14/h3-12H,2,13H2,1H3,(H,20,24)/b21-17-,22-18?. The third kappa shape index (κ3) is 5.24. The van der Waals surface area contributed by atoms with Crippen LogP contribution in [0.3, 0.4) is 0 Å². The molecule has 9 heteroatoms. The second kappa shape index (κ2) is 9.77. The minimum Gasteiger partial charge on any atom is -0.448 e. The first-order valence-electron chi connectivity index (χ1n) is 8.53. The van der Waals surface area contributed by atoms with Crippen molar-refractivity contribution >= 4 is 32.8 Å². The molecule has 1 N–H and O–H groups in total. The maximum Gasteiger partial charge on any atom is 0.436 e. The van der Waals surface area contributed by atoms with Crippen LogP contribution < -0.4 is 14.9 Å². The fourth-order valence-corrected chi connectivity index (χ4v) is 4.39. The van der Waals surface area contributed by atoms with Gasteiger partial charge in [0.15, 0.2) is 0 Å². The van der Waals surface area contributed by atoms with Gasteiger partial charge in [0.2, 0.25) is 9.60 Å². The molecule has 0 saturated heterocycles. The predicted molar refractivity (Wildman–Crippen MR) is 108 cm³/mol. The van der Waals surface area contributed by atoms with E-state index in [0.29, 0.717) is 16.1 Å².